The average Bonchev–Trinajstić information content (AvgIpc) is 2.78. The van der Waals surface area contributed by atoms with Crippen LogP contribution in [-0.2, 0) is 4.84 Å². The van der Waals surface area contributed by atoms with Crippen LogP contribution in [0.1, 0.15) is 67.3 Å². The summed E-state index contributed by atoms with van der Waals surface area (Å²) in [6, 6.07) is 5.55. The van der Waals surface area contributed by atoms with E-state index in [4.69, 9.17) is 14.7 Å². The Bertz CT molecular complexity index is 780. The molecule has 0 aromatic heterocycles. The Hall–Kier alpha value is -2.45. The van der Waals surface area contributed by atoms with Gasteiger partial charge in [-0.1, -0.05) is 11.6 Å². The molecule has 8 heteroatoms. The Kier molecular flexibility index (Phi) is 13.3. The molecule has 1 aromatic carbocycles. The summed E-state index contributed by atoms with van der Waals surface area (Å²) in [6.45, 7) is 8.24. The fourth-order valence-corrected chi connectivity index (χ4v) is 4.01. The smallest absolute Gasteiger partial charge is 0.251 e. The molecule has 190 valence electrons. The van der Waals surface area contributed by atoms with E-state index < -0.39 is 0 Å². The number of hydrogen-bond donors (Lipinski definition) is 3. The van der Waals surface area contributed by atoms with Crippen LogP contribution < -0.4 is 15.4 Å². The molecule has 0 radical (unpaired) electrons. The zero-order chi connectivity index (χ0) is 24.6. The lowest BCUT2D eigenvalue weighted by Crippen LogP contribution is -2.25. The maximum Gasteiger partial charge on any atom is 0.251 e. The highest BCUT2D eigenvalue weighted by Gasteiger charge is 2.25. The molecule has 0 bridgehead atoms. The number of aliphatic hydroxyl groups is 1. The number of rotatable bonds is 17. The topological polar surface area (TPSA) is 105 Å². The predicted octanol–water partition coefficient (Wildman–Crippen LogP) is 3.71. The number of benzene rings is 1. The van der Waals surface area contributed by atoms with Crippen LogP contribution in [0, 0.1) is 18.8 Å². The van der Waals surface area contributed by atoms with Gasteiger partial charge < -0.3 is 25.3 Å². The first kappa shape index (κ1) is 27.8. The van der Waals surface area contributed by atoms with Gasteiger partial charge in [0.15, 0.2) is 0 Å². The Balaban J connectivity index is 1.77. The lowest BCUT2D eigenvalue weighted by Gasteiger charge is -2.24. The number of nitrogens with zero attached hydrogens (tertiary/aromatic N) is 2. The van der Waals surface area contributed by atoms with Crippen molar-refractivity contribution in [2.24, 2.45) is 22.0 Å². The number of oxime groups is 1. The van der Waals surface area contributed by atoms with Crippen LogP contribution in [0.25, 0.3) is 0 Å². The van der Waals surface area contributed by atoms with Gasteiger partial charge in [0.25, 0.3) is 5.91 Å². The van der Waals surface area contributed by atoms with Gasteiger partial charge >= 0.3 is 0 Å². The number of carbonyl (C=O) groups is 1. The van der Waals surface area contributed by atoms with Crippen molar-refractivity contribution >= 4 is 18.5 Å². The number of aliphatic hydroxyl groups excluding tert-OH is 1. The summed E-state index contributed by atoms with van der Waals surface area (Å²) in [5.41, 5.74) is 1.51. The second-order valence-corrected chi connectivity index (χ2v) is 8.92. The van der Waals surface area contributed by atoms with Gasteiger partial charge in [-0.2, -0.15) is 0 Å². The van der Waals surface area contributed by atoms with Gasteiger partial charge in [0.1, 0.15) is 5.75 Å². The molecule has 1 aliphatic carbocycles. The van der Waals surface area contributed by atoms with Crippen LogP contribution in [0.3, 0.4) is 0 Å². The molecule has 0 spiro atoms. The van der Waals surface area contributed by atoms with Gasteiger partial charge in [0, 0.05) is 37.9 Å². The molecular weight excluding hydrogens is 432 g/mol. The van der Waals surface area contributed by atoms with Crippen molar-refractivity contribution in [2.45, 2.75) is 58.3 Å². The van der Waals surface area contributed by atoms with Crippen LogP contribution in [-0.4, -0.2) is 63.5 Å². The largest absolute Gasteiger partial charge is 0.494 e. The molecule has 0 saturated heterocycles. The predicted molar refractivity (Wildman–Crippen MR) is 137 cm³/mol. The molecule has 1 aromatic rings. The van der Waals surface area contributed by atoms with Crippen molar-refractivity contribution in [3.05, 3.63) is 29.3 Å². The first-order valence-electron chi connectivity index (χ1n) is 12.5. The average molecular weight is 475 g/mol. The van der Waals surface area contributed by atoms with Gasteiger partial charge in [0.2, 0.25) is 5.90 Å². The molecule has 0 aliphatic heterocycles. The third-order valence-electron chi connectivity index (χ3n) is 6.31. The standard InChI is InChI=1S/C26H42N4O4/c1-20-19-23(10-11-24(20)25(32)29-14-6-17-31)33-18-5-7-21(12-15-27-2)13-16-30-26(34-28-3)22-8-4-9-22/h10-11,19,21-22,27,31H,3-9,12-18H2,1-2H3,(H,29,32). The molecule has 1 amide bonds. The molecule has 2 rings (SSSR count). The van der Waals surface area contributed by atoms with E-state index in [-0.39, 0.29) is 12.5 Å². The van der Waals surface area contributed by atoms with E-state index >= 15 is 0 Å². The first-order valence-corrected chi connectivity index (χ1v) is 12.5. The number of carbonyl (C=O) groups excluding carboxylic acids is 1. The van der Waals surface area contributed by atoms with Crippen LogP contribution in [0.4, 0.5) is 0 Å². The van der Waals surface area contributed by atoms with Crippen molar-refractivity contribution in [3.8, 4) is 5.75 Å². The molecule has 34 heavy (non-hydrogen) atoms. The highest BCUT2D eigenvalue weighted by Crippen LogP contribution is 2.28. The first-order chi connectivity index (χ1) is 16.6. The van der Waals surface area contributed by atoms with Crippen molar-refractivity contribution in [2.75, 3.05) is 39.9 Å². The second kappa shape index (κ2) is 16.2. The van der Waals surface area contributed by atoms with E-state index in [9.17, 15) is 4.79 Å². The van der Waals surface area contributed by atoms with Crippen LogP contribution in [0.5, 0.6) is 5.75 Å². The number of aliphatic imine (C=N–C) groups is 1. The summed E-state index contributed by atoms with van der Waals surface area (Å²) in [5.74, 6) is 2.38. The quantitative estimate of drug-likeness (QED) is 0.138. The third kappa shape index (κ3) is 9.81. The molecule has 3 N–H and O–H groups in total. The number of amides is 1. The molecule has 1 fully saturated rings. The summed E-state index contributed by atoms with van der Waals surface area (Å²) < 4.78 is 5.96. The monoisotopic (exact) mass is 474 g/mol. The number of ether oxygens (including phenoxy) is 1. The van der Waals surface area contributed by atoms with Gasteiger partial charge in [-0.3, -0.25) is 9.79 Å². The van der Waals surface area contributed by atoms with Crippen LogP contribution >= 0.6 is 0 Å². The minimum atomic E-state index is -0.123. The van der Waals surface area contributed by atoms with Gasteiger partial charge in [-0.15, -0.1) is 0 Å². The highest BCUT2D eigenvalue weighted by molar-refractivity contribution is 5.95. The van der Waals surface area contributed by atoms with Crippen molar-refractivity contribution in [3.63, 3.8) is 0 Å². The van der Waals surface area contributed by atoms with E-state index in [0.717, 1.165) is 68.8 Å². The van der Waals surface area contributed by atoms with Crippen LogP contribution in [0.15, 0.2) is 28.3 Å². The molecule has 1 aliphatic rings. The number of aryl methyl sites for hydroxylation is 1. The fraction of sp³-hybridized carbons (Fsp3) is 0.654. The van der Waals surface area contributed by atoms with Crippen molar-refractivity contribution in [1.29, 1.82) is 0 Å². The summed E-state index contributed by atoms with van der Waals surface area (Å²) >= 11 is 0. The van der Waals surface area contributed by atoms with Crippen LogP contribution in [0.2, 0.25) is 0 Å². The molecular formula is C26H42N4O4. The maximum atomic E-state index is 12.2. The zero-order valence-corrected chi connectivity index (χ0v) is 20.9. The van der Waals surface area contributed by atoms with E-state index in [1.807, 2.05) is 26.1 Å². The molecule has 1 atom stereocenters. The fourth-order valence-electron chi connectivity index (χ4n) is 4.01. The van der Waals surface area contributed by atoms with Gasteiger partial charge in [-0.05, 0) is 95.1 Å². The van der Waals surface area contributed by atoms with E-state index in [0.29, 0.717) is 37.0 Å². The Morgan fingerprint density at radius 2 is 2.06 bits per heavy atom. The minimum Gasteiger partial charge on any atom is -0.494 e. The summed E-state index contributed by atoms with van der Waals surface area (Å²) in [7, 11) is 1.98. The second-order valence-electron chi connectivity index (χ2n) is 8.92. The summed E-state index contributed by atoms with van der Waals surface area (Å²) in [5, 5.41) is 18.5. The van der Waals surface area contributed by atoms with Crippen molar-refractivity contribution < 1.29 is 19.5 Å². The summed E-state index contributed by atoms with van der Waals surface area (Å²) in [6.07, 6.45) is 8.18. The molecule has 1 saturated carbocycles. The SMILES string of the molecule is C=NOC(=NCCC(CCCOc1ccc(C(=O)NCCCO)c(C)c1)CCNC)C1CCC1. The van der Waals surface area contributed by atoms with Crippen molar-refractivity contribution in [1.82, 2.24) is 10.6 Å². The Morgan fingerprint density at radius 1 is 1.24 bits per heavy atom. The lowest BCUT2D eigenvalue weighted by atomic mass is 9.85. The lowest BCUT2D eigenvalue weighted by molar-refractivity contribution is 0.0950. The Labute approximate surface area is 204 Å². The molecule has 8 nitrogen and oxygen atoms in total. The van der Waals surface area contributed by atoms with E-state index in [2.05, 4.69) is 27.5 Å². The van der Waals surface area contributed by atoms with Gasteiger partial charge in [-0.25, -0.2) is 0 Å². The summed E-state index contributed by atoms with van der Waals surface area (Å²) in [4.78, 5) is 22.2. The van der Waals surface area contributed by atoms with Gasteiger partial charge in [0.05, 0.1) is 6.61 Å². The van der Waals surface area contributed by atoms with E-state index in [1.165, 1.54) is 6.42 Å². The molecule has 1 unspecified atom stereocenters. The highest BCUT2D eigenvalue weighted by atomic mass is 16.6. The third-order valence-corrected chi connectivity index (χ3v) is 6.31. The molecule has 0 heterocycles. The number of hydrogen-bond acceptors (Lipinski definition) is 7. The normalized spacial score (nSPS) is 14.9. The maximum absolute atomic E-state index is 12.2. The zero-order valence-electron chi connectivity index (χ0n) is 20.9. The number of nitrogens with one attached hydrogen (secondary N) is 2. The van der Waals surface area contributed by atoms with E-state index in [1.54, 1.807) is 6.07 Å². The Morgan fingerprint density at radius 3 is 2.71 bits per heavy atom. The minimum absolute atomic E-state index is 0.0672.